The maximum atomic E-state index is 13.1. The lowest BCUT2D eigenvalue weighted by Gasteiger charge is -2.40. The Bertz CT molecular complexity index is 1710. The molecule has 12 heteroatoms. The maximum absolute atomic E-state index is 13.1. The van der Waals surface area contributed by atoms with Gasteiger partial charge in [0, 0.05) is 19.3 Å². The Kier molecular flexibility index (Phi) is 48.0. The number of hydrogen-bond donors (Lipinski definition) is 3. The fourth-order valence-corrected chi connectivity index (χ4v) is 8.58. The van der Waals surface area contributed by atoms with Crippen molar-refractivity contribution in [2.24, 2.45) is 0 Å². The van der Waals surface area contributed by atoms with Gasteiger partial charge in [0.2, 0.25) is 0 Å². The Hall–Kier alpha value is -4.36. The number of aliphatic carboxylic acids is 1. The number of rotatable bonds is 50. The topological polar surface area (TPSA) is 175 Å². The van der Waals surface area contributed by atoms with E-state index in [1.54, 1.807) is 0 Å². The first-order chi connectivity index (χ1) is 37.6. The van der Waals surface area contributed by atoms with E-state index in [0.29, 0.717) is 25.7 Å². The molecule has 0 aromatic heterocycles. The second-order valence-corrected chi connectivity index (χ2v) is 20.2. The summed E-state index contributed by atoms with van der Waals surface area (Å²) in [5.41, 5.74) is 0. The van der Waals surface area contributed by atoms with E-state index in [1.807, 2.05) is 0 Å². The van der Waals surface area contributed by atoms with Crippen LogP contribution in [-0.2, 0) is 42.9 Å². The molecule has 6 atom stereocenters. The van der Waals surface area contributed by atoms with Crippen LogP contribution >= 0.6 is 0 Å². The largest absolute Gasteiger partial charge is 0.479 e. The number of carbonyl (C=O) groups is 4. The summed E-state index contributed by atoms with van der Waals surface area (Å²) in [6.07, 6.45) is 56.7. The van der Waals surface area contributed by atoms with Crippen LogP contribution in [0.2, 0.25) is 0 Å². The van der Waals surface area contributed by atoms with Crippen LogP contribution in [0.3, 0.4) is 0 Å². The summed E-state index contributed by atoms with van der Waals surface area (Å²) in [6.45, 7) is 5.72. The number of esters is 3. The Morgan fingerprint density at radius 2 is 0.818 bits per heavy atom. The van der Waals surface area contributed by atoms with Gasteiger partial charge in [0.15, 0.2) is 24.6 Å². The van der Waals surface area contributed by atoms with Gasteiger partial charge in [0.05, 0.1) is 6.61 Å². The van der Waals surface area contributed by atoms with Crippen LogP contribution in [0.5, 0.6) is 0 Å². The highest BCUT2D eigenvalue weighted by Crippen LogP contribution is 2.26. The fraction of sp³-hybridized carbons (Fsp3) is 0.692. The highest BCUT2D eigenvalue weighted by atomic mass is 16.7. The van der Waals surface area contributed by atoms with Crippen molar-refractivity contribution in [1.29, 1.82) is 0 Å². The normalized spacial score (nSPS) is 18.7. The number of carboxylic acids is 1. The predicted molar refractivity (Wildman–Crippen MR) is 312 cm³/mol. The number of ether oxygens (including phenoxy) is 5. The molecule has 0 aromatic carbocycles. The van der Waals surface area contributed by atoms with Gasteiger partial charge in [-0.25, -0.2) is 4.79 Å². The molecule has 1 saturated heterocycles. The SMILES string of the molecule is CC/C=C\C/C=C\C/C=C\C/C=C\CCCCC(=O)OC(COC(=O)CCCCCCCCCCCCCCCCCCC)COC1OC(C(=O)O)C(O)C(O)C1OC(=O)CCCC/C=C\C/C=C\C/C=C\C/C=C\CC. The molecule has 0 spiro atoms. The number of carboxylic acid groups (broad SMARTS) is 1. The van der Waals surface area contributed by atoms with Crippen molar-refractivity contribution < 1.29 is 58.2 Å². The first kappa shape index (κ1) is 70.7. The zero-order valence-corrected chi connectivity index (χ0v) is 48.2. The number of allylic oxidation sites excluding steroid dienone is 16. The third-order valence-electron chi connectivity index (χ3n) is 13.2. The van der Waals surface area contributed by atoms with Crippen LogP contribution in [0.15, 0.2) is 97.2 Å². The van der Waals surface area contributed by atoms with E-state index >= 15 is 0 Å². The van der Waals surface area contributed by atoms with Crippen molar-refractivity contribution >= 4 is 23.9 Å². The van der Waals surface area contributed by atoms with E-state index in [2.05, 4.69) is 118 Å². The van der Waals surface area contributed by atoms with Crippen LogP contribution < -0.4 is 0 Å². The molecular weight excluding hydrogens is 973 g/mol. The molecular formula is C65H106O12. The summed E-state index contributed by atoms with van der Waals surface area (Å²) in [4.78, 5) is 51.1. The van der Waals surface area contributed by atoms with Crippen molar-refractivity contribution in [3.8, 4) is 0 Å². The lowest BCUT2D eigenvalue weighted by molar-refractivity contribution is -0.301. The van der Waals surface area contributed by atoms with E-state index in [-0.39, 0.29) is 25.9 Å². The minimum Gasteiger partial charge on any atom is -0.479 e. The summed E-state index contributed by atoms with van der Waals surface area (Å²) in [7, 11) is 0. The van der Waals surface area contributed by atoms with Gasteiger partial charge < -0.3 is 39.0 Å². The van der Waals surface area contributed by atoms with Gasteiger partial charge in [0.1, 0.15) is 18.8 Å². The van der Waals surface area contributed by atoms with Crippen molar-refractivity contribution in [3.05, 3.63) is 97.2 Å². The summed E-state index contributed by atoms with van der Waals surface area (Å²) in [5.74, 6) is -3.23. The van der Waals surface area contributed by atoms with Crippen LogP contribution in [0, 0.1) is 0 Å². The van der Waals surface area contributed by atoms with Gasteiger partial charge >= 0.3 is 23.9 Å². The minimum atomic E-state index is -1.93. The fourth-order valence-electron chi connectivity index (χ4n) is 8.58. The standard InChI is InChI=1S/C65H106O12/c1-4-7-10-13-16-19-22-25-28-29-32-33-36-39-42-45-48-51-57(66)73-54-56(75-58(67)52-49-46-43-40-37-34-30-26-23-20-17-14-11-8-5-2)55-74-65-63(61(70)60(69)62(77-65)64(71)72)76-59(68)53-50-47-44-41-38-35-31-27-24-21-18-15-12-9-6-3/h8-9,11-12,17-18,20-21,26-27,30-31,37-38,40-41,56,60-63,65,69-70H,4-7,10,13-16,19,22-25,28-29,32-36,39,42-55H2,1-3H3,(H,71,72)/b11-8-,12-9-,20-17-,21-18-,30-26-,31-27-,40-37-,41-38-. The molecule has 1 heterocycles. The molecule has 6 unspecified atom stereocenters. The maximum Gasteiger partial charge on any atom is 0.335 e. The van der Waals surface area contributed by atoms with Gasteiger partial charge in [-0.2, -0.15) is 0 Å². The monoisotopic (exact) mass is 1080 g/mol. The molecule has 77 heavy (non-hydrogen) atoms. The van der Waals surface area contributed by atoms with Gasteiger partial charge in [-0.3, -0.25) is 14.4 Å². The quantitative estimate of drug-likeness (QED) is 0.0228. The third kappa shape index (κ3) is 42.3. The first-order valence-electron chi connectivity index (χ1n) is 30.2. The number of hydrogen-bond acceptors (Lipinski definition) is 11. The molecule has 1 aliphatic rings. The van der Waals surface area contributed by atoms with Crippen molar-refractivity contribution in [2.75, 3.05) is 13.2 Å². The summed E-state index contributed by atoms with van der Waals surface area (Å²) in [5, 5.41) is 31.5. The van der Waals surface area contributed by atoms with Gasteiger partial charge in [-0.1, -0.05) is 221 Å². The minimum absolute atomic E-state index is 0.000170. The Morgan fingerprint density at radius 1 is 0.442 bits per heavy atom. The van der Waals surface area contributed by atoms with Crippen molar-refractivity contribution in [3.63, 3.8) is 0 Å². The third-order valence-corrected chi connectivity index (χ3v) is 13.2. The predicted octanol–water partition coefficient (Wildman–Crippen LogP) is 15.7. The second kappa shape index (κ2) is 52.3. The molecule has 3 N–H and O–H groups in total. The number of aliphatic hydroxyl groups is 2. The lowest BCUT2D eigenvalue weighted by Crippen LogP contribution is -2.61. The number of carbonyl (C=O) groups excluding carboxylic acids is 3. The molecule has 438 valence electrons. The van der Waals surface area contributed by atoms with Crippen LogP contribution in [0.25, 0.3) is 0 Å². The molecule has 0 bridgehead atoms. The van der Waals surface area contributed by atoms with Gasteiger partial charge in [-0.05, 0) is 96.3 Å². The highest BCUT2D eigenvalue weighted by Gasteiger charge is 2.50. The number of aliphatic hydroxyl groups excluding tert-OH is 2. The first-order valence-corrected chi connectivity index (χ1v) is 30.2. The Morgan fingerprint density at radius 3 is 1.25 bits per heavy atom. The molecule has 0 amide bonds. The summed E-state index contributed by atoms with van der Waals surface area (Å²) in [6, 6.07) is 0. The zero-order valence-electron chi connectivity index (χ0n) is 48.2. The van der Waals surface area contributed by atoms with E-state index in [4.69, 9.17) is 23.7 Å². The van der Waals surface area contributed by atoms with Crippen LogP contribution in [0.4, 0.5) is 0 Å². The number of unbranched alkanes of at least 4 members (excludes halogenated alkanes) is 20. The summed E-state index contributed by atoms with van der Waals surface area (Å²) >= 11 is 0. The molecule has 0 radical (unpaired) electrons. The van der Waals surface area contributed by atoms with E-state index in [9.17, 15) is 34.5 Å². The summed E-state index contributed by atoms with van der Waals surface area (Å²) < 4.78 is 28.4. The molecule has 0 aliphatic carbocycles. The lowest BCUT2D eigenvalue weighted by atomic mass is 9.98. The second-order valence-electron chi connectivity index (χ2n) is 20.2. The average Bonchev–Trinajstić information content (AvgIpc) is 3.43. The smallest absolute Gasteiger partial charge is 0.335 e. The molecule has 0 aromatic rings. The molecule has 1 rings (SSSR count). The Labute approximate surface area is 466 Å². The Balaban J connectivity index is 2.73. The van der Waals surface area contributed by atoms with E-state index in [1.165, 1.54) is 83.5 Å². The van der Waals surface area contributed by atoms with Crippen molar-refractivity contribution in [1.82, 2.24) is 0 Å². The molecule has 12 nitrogen and oxygen atoms in total. The zero-order chi connectivity index (χ0) is 56.1. The molecule has 1 fully saturated rings. The van der Waals surface area contributed by atoms with E-state index in [0.717, 1.165) is 89.9 Å². The van der Waals surface area contributed by atoms with E-state index < -0.39 is 67.3 Å². The average molecular weight is 1080 g/mol. The van der Waals surface area contributed by atoms with Gasteiger partial charge in [0.25, 0.3) is 0 Å². The highest BCUT2D eigenvalue weighted by molar-refractivity contribution is 5.74. The molecule has 0 saturated carbocycles. The van der Waals surface area contributed by atoms with Crippen LogP contribution in [-0.4, -0.2) is 89.2 Å². The van der Waals surface area contributed by atoms with Gasteiger partial charge in [-0.15, -0.1) is 0 Å². The molecule has 1 aliphatic heterocycles. The van der Waals surface area contributed by atoms with Crippen LogP contribution in [0.1, 0.15) is 239 Å². The van der Waals surface area contributed by atoms with Crippen molar-refractivity contribution in [2.45, 2.75) is 276 Å².